The van der Waals surface area contributed by atoms with Crippen molar-refractivity contribution in [1.29, 1.82) is 0 Å². The largest absolute Gasteiger partial charge is 0.461 e. The maximum Gasteiger partial charge on any atom is 0.305 e. The normalized spacial score (nSPS) is 12.6. The molecule has 0 unspecified atom stereocenters. The van der Waals surface area contributed by atoms with Gasteiger partial charge in [0, 0.05) is 16.5 Å². The molecule has 0 radical (unpaired) electrons. The van der Waals surface area contributed by atoms with E-state index in [0.29, 0.717) is 17.9 Å². The fraction of sp³-hybridized carbons (Fsp3) is 0.364. The number of carbonyl (C=O) groups is 1. The van der Waals surface area contributed by atoms with Gasteiger partial charge in [-0.15, -0.1) is 0 Å². The van der Waals surface area contributed by atoms with Crippen molar-refractivity contribution < 1.29 is 19.0 Å². The van der Waals surface area contributed by atoms with Crippen molar-refractivity contribution in [1.82, 2.24) is 0 Å². The van der Waals surface area contributed by atoms with Crippen molar-refractivity contribution in [3.05, 3.63) is 22.2 Å². The summed E-state index contributed by atoms with van der Waals surface area (Å²) in [6, 6.07) is 3.63. The van der Waals surface area contributed by atoms with Crippen molar-refractivity contribution >= 4 is 21.9 Å². The molecular weight excluding hydrogens is 276 g/mol. The van der Waals surface area contributed by atoms with Gasteiger partial charge in [-0.3, -0.25) is 4.79 Å². The summed E-state index contributed by atoms with van der Waals surface area (Å²) in [5.41, 5.74) is 0.867. The second-order valence-electron chi connectivity index (χ2n) is 3.31. The molecule has 16 heavy (non-hydrogen) atoms. The Balaban J connectivity index is 2.12. The van der Waals surface area contributed by atoms with E-state index in [2.05, 4.69) is 15.9 Å². The van der Waals surface area contributed by atoms with Crippen LogP contribution < -0.4 is 9.47 Å². The van der Waals surface area contributed by atoms with Crippen LogP contribution in [0.4, 0.5) is 0 Å². The minimum absolute atomic E-state index is 0.218. The summed E-state index contributed by atoms with van der Waals surface area (Å²) >= 11 is 3.40. The van der Waals surface area contributed by atoms with Crippen LogP contribution in [0.5, 0.6) is 11.5 Å². The van der Waals surface area contributed by atoms with Gasteiger partial charge in [0.2, 0.25) is 6.79 Å². The Bertz CT molecular complexity index is 417. The number of rotatable bonds is 3. The molecule has 0 fully saturated rings. The molecule has 5 heteroatoms. The second-order valence-corrected chi connectivity index (χ2v) is 4.17. The second kappa shape index (κ2) is 4.74. The van der Waals surface area contributed by atoms with E-state index in [1.54, 1.807) is 6.92 Å². The van der Waals surface area contributed by atoms with Crippen LogP contribution in [0.1, 0.15) is 18.9 Å². The van der Waals surface area contributed by atoms with E-state index in [0.717, 1.165) is 10.0 Å². The highest BCUT2D eigenvalue weighted by Crippen LogP contribution is 2.37. The summed E-state index contributed by atoms with van der Waals surface area (Å²) in [7, 11) is 0. The highest BCUT2D eigenvalue weighted by molar-refractivity contribution is 9.10. The van der Waals surface area contributed by atoms with Gasteiger partial charge >= 0.3 is 5.97 Å². The zero-order valence-corrected chi connectivity index (χ0v) is 10.4. The molecule has 0 spiro atoms. The van der Waals surface area contributed by atoms with Crippen LogP contribution in [0.25, 0.3) is 0 Å². The number of halogens is 1. The number of esters is 1. The Labute approximate surface area is 102 Å². The molecule has 1 heterocycles. The van der Waals surface area contributed by atoms with Crippen LogP contribution in [0, 0.1) is 0 Å². The predicted octanol–water partition coefficient (Wildman–Crippen LogP) is 2.63. The third-order valence-corrected chi connectivity index (χ3v) is 2.96. The van der Waals surface area contributed by atoms with E-state index in [1.807, 2.05) is 12.1 Å². The van der Waals surface area contributed by atoms with Gasteiger partial charge in [0.1, 0.15) is 6.61 Å². The number of fused-ring (bicyclic) bond motifs is 1. The smallest absolute Gasteiger partial charge is 0.305 e. The highest BCUT2D eigenvalue weighted by atomic mass is 79.9. The minimum Gasteiger partial charge on any atom is -0.461 e. The number of ether oxygens (including phenoxy) is 3. The molecule has 0 aromatic heterocycles. The van der Waals surface area contributed by atoms with E-state index in [9.17, 15) is 4.79 Å². The Morgan fingerprint density at radius 3 is 2.81 bits per heavy atom. The molecular formula is C11H11BrO4. The van der Waals surface area contributed by atoms with Gasteiger partial charge in [-0.2, -0.15) is 0 Å². The van der Waals surface area contributed by atoms with Crippen molar-refractivity contribution in [2.45, 2.75) is 20.0 Å². The fourth-order valence-electron chi connectivity index (χ4n) is 1.33. The lowest BCUT2D eigenvalue weighted by Gasteiger charge is -2.07. The molecule has 0 amide bonds. The molecule has 0 aliphatic carbocycles. The fourth-order valence-corrected chi connectivity index (χ4v) is 1.77. The third-order valence-electron chi connectivity index (χ3n) is 2.22. The van der Waals surface area contributed by atoms with Crippen LogP contribution in [0.15, 0.2) is 16.6 Å². The minimum atomic E-state index is -0.218. The lowest BCUT2D eigenvalue weighted by Crippen LogP contribution is -2.02. The van der Waals surface area contributed by atoms with Crippen molar-refractivity contribution in [2.75, 3.05) is 6.79 Å². The highest BCUT2D eigenvalue weighted by Gasteiger charge is 2.16. The number of carbonyl (C=O) groups excluding carboxylic acids is 1. The van der Waals surface area contributed by atoms with E-state index in [1.165, 1.54) is 0 Å². The van der Waals surface area contributed by atoms with Crippen LogP contribution >= 0.6 is 15.9 Å². The van der Waals surface area contributed by atoms with Crippen molar-refractivity contribution in [3.63, 3.8) is 0 Å². The molecule has 0 bridgehead atoms. The monoisotopic (exact) mass is 286 g/mol. The van der Waals surface area contributed by atoms with E-state index < -0.39 is 0 Å². The summed E-state index contributed by atoms with van der Waals surface area (Å²) in [4.78, 5) is 11.0. The molecule has 0 saturated carbocycles. The zero-order valence-electron chi connectivity index (χ0n) is 8.79. The Morgan fingerprint density at radius 2 is 2.12 bits per heavy atom. The number of benzene rings is 1. The zero-order chi connectivity index (χ0) is 11.5. The van der Waals surface area contributed by atoms with Crippen LogP contribution in [0.3, 0.4) is 0 Å². The quantitative estimate of drug-likeness (QED) is 0.802. The Kier molecular flexibility index (Phi) is 3.33. The van der Waals surface area contributed by atoms with Crippen LogP contribution in [-0.2, 0) is 16.1 Å². The predicted molar refractivity (Wildman–Crippen MR) is 60.4 cm³/mol. The molecule has 1 aliphatic heterocycles. The van der Waals surface area contributed by atoms with Gasteiger partial charge in [0.15, 0.2) is 11.5 Å². The molecule has 86 valence electrons. The van der Waals surface area contributed by atoms with E-state index in [4.69, 9.17) is 14.2 Å². The van der Waals surface area contributed by atoms with E-state index >= 15 is 0 Å². The summed E-state index contributed by atoms with van der Waals surface area (Å²) in [5.74, 6) is 1.17. The molecule has 1 aromatic rings. The van der Waals surface area contributed by atoms with Gasteiger partial charge < -0.3 is 14.2 Å². The van der Waals surface area contributed by atoms with Crippen molar-refractivity contribution in [2.24, 2.45) is 0 Å². The molecule has 0 N–H and O–H groups in total. The molecule has 0 saturated heterocycles. The maximum absolute atomic E-state index is 11.0. The van der Waals surface area contributed by atoms with Gasteiger partial charge in [-0.05, 0) is 12.1 Å². The maximum atomic E-state index is 11.0. The van der Waals surface area contributed by atoms with Crippen molar-refractivity contribution in [3.8, 4) is 11.5 Å². The first-order chi connectivity index (χ1) is 7.70. The summed E-state index contributed by atoms with van der Waals surface area (Å²) in [5, 5.41) is 0. The van der Waals surface area contributed by atoms with Gasteiger partial charge in [0.05, 0.1) is 0 Å². The van der Waals surface area contributed by atoms with E-state index in [-0.39, 0.29) is 19.4 Å². The average molecular weight is 287 g/mol. The molecule has 0 atom stereocenters. The Hall–Kier alpha value is -1.23. The summed E-state index contributed by atoms with van der Waals surface area (Å²) < 4.78 is 16.4. The number of hydrogen-bond acceptors (Lipinski definition) is 4. The molecule has 1 aliphatic rings. The topological polar surface area (TPSA) is 44.8 Å². The first kappa shape index (κ1) is 11.3. The average Bonchev–Trinajstić information content (AvgIpc) is 2.72. The number of hydrogen-bond donors (Lipinski definition) is 0. The Morgan fingerprint density at radius 1 is 1.44 bits per heavy atom. The molecule has 4 nitrogen and oxygen atoms in total. The lowest BCUT2D eigenvalue weighted by atomic mass is 10.2. The third kappa shape index (κ3) is 2.29. The lowest BCUT2D eigenvalue weighted by molar-refractivity contribution is -0.144. The molecule has 1 aromatic carbocycles. The van der Waals surface area contributed by atoms with Crippen LogP contribution in [-0.4, -0.2) is 12.8 Å². The first-order valence-electron chi connectivity index (χ1n) is 4.94. The molecule has 2 rings (SSSR count). The standard InChI is InChI=1S/C11H11BrO4/c1-2-11(13)14-5-7-3-9-10(4-8(7)12)16-6-15-9/h3-4H,2,5-6H2,1H3. The van der Waals surface area contributed by atoms with Crippen LogP contribution in [0.2, 0.25) is 0 Å². The summed E-state index contributed by atoms with van der Waals surface area (Å²) in [6.45, 7) is 2.24. The first-order valence-corrected chi connectivity index (χ1v) is 5.73. The summed E-state index contributed by atoms with van der Waals surface area (Å²) in [6.07, 6.45) is 0.377. The van der Waals surface area contributed by atoms with Gasteiger partial charge in [-0.1, -0.05) is 22.9 Å². The van der Waals surface area contributed by atoms with Gasteiger partial charge in [0.25, 0.3) is 0 Å². The SMILES string of the molecule is CCC(=O)OCc1cc2c(cc1Br)OCO2. The van der Waals surface area contributed by atoms with Gasteiger partial charge in [-0.25, -0.2) is 0 Å².